The zero-order chi connectivity index (χ0) is 30.6. The van der Waals surface area contributed by atoms with Crippen LogP contribution in [0, 0.1) is 5.92 Å². The first-order chi connectivity index (χ1) is 20.0. The lowest BCUT2D eigenvalue weighted by Crippen LogP contribution is -2.56. The fraction of sp³-hybridized carbons (Fsp3) is 0.290. The Kier molecular flexibility index (Phi) is 8.63. The molecule has 1 heterocycles. The molecular weight excluding hydrogens is 538 g/mol. The summed E-state index contributed by atoms with van der Waals surface area (Å²) in [5, 5.41) is 18.4. The van der Waals surface area contributed by atoms with Gasteiger partial charge in [0.2, 0.25) is 5.60 Å². The minimum atomic E-state index is -1.79. The van der Waals surface area contributed by atoms with E-state index < -0.39 is 35.3 Å². The van der Waals surface area contributed by atoms with Crippen LogP contribution in [0.15, 0.2) is 78.0 Å². The Balaban J connectivity index is 1.70. The zero-order valence-electron chi connectivity index (χ0n) is 23.6. The number of hydrogen-bond donors (Lipinski definition) is 2. The molecule has 2 N–H and O–H groups in total. The van der Waals surface area contributed by atoms with Gasteiger partial charge in [-0.2, -0.15) is 4.79 Å². The third-order valence-electron chi connectivity index (χ3n) is 7.40. The Bertz CT molecular complexity index is 1620. The molecule has 0 aliphatic carbocycles. The van der Waals surface area contributed by atoms with Crippen molar-refractivity contribution in [2.45, 2.75) is 44.9 Å². The van der Waals surface area contributed by atoms with Crippen LogP contribution in [0.2, 0.25) is 0 Å². The second kappa shape index (κ2) is 12.2. The predicted octanol–water partition coefficient (Wildman–Crippen LogP) is 3.44. The fourth-order valence-electron chi connectivity index (χ4n) is 5.22. The van der Waals surface area contributed by atoms with E-state index >= 15 is 0 Å². The van der Waals surface area contributed by atoms with Crippen molar-refractivity contribution in [2.24, 2.45) is 11.1 Å². The molecule has 1 aliphatic rings. The summed E-state index contributed by atoms with van der Waals surface area (Å²) in [6.07, 6.45) is -0.0951. The Morgan fingerprint density at radius 3 is 2.31 bits per heavy atom. The van der Waals surface area contributed by atoms with Crippen LogP contribution in [0.25, 0.3) is 16.3 Å². The topological polar surface area (TPSA) is 162 Å². The van der Waals surface area contributed by atoms with Gasteiger partial charge in [-0.05, 0) is 22.8 Å². The number of carboxylic acids is 1. The predicted molar refractivity (Wildman–Crippen MR) is 155 cm³/mol. The van der Waals surface area contributed by atoms with Crippen molar-refractivity contribution in [3.05, 3.63) is 89.5 Å². The highest BCUT2D eigenvalue weighted by atomic mass is 16.7. The van der Waals surface area contributed by atoms with Gasteiger partial charge in [0.25, 0.3) is 23.3 Å². The maximum atomic E-state index is 14.1. The molecule has 0 aromatic heterocycles. The number of carbonyl (C=O) groups is 4. The van der Waals surface area contributed by atoms with Gasteiger partial charge in [0.15, 0.2) is 6.04 Å². The lowest BCUT2D eigenvalue weighted by atomic mass is 9.83. The number of benzene rings is 3. The molecule has 0 bridgehead atoms. The molecule has 11 heteroatoms. The normalized spacial score (nSPS) is 17.4. The molecular formula is C31H31N5O6. The van der Waals surface area contributed by atoms with E-state index in [1.807, 2.05) is 44.2 Å². The van der Waals surface area contributed by atoms with E-state index in [-0.39, 0.29) is 24.0 Å². The standard InChI is InChI=1S/C31H31N5O6/c1-18(2)25(33-28(38)23-16-10-12-20-11-8-9-15-22(20)23)24-17-31(42-35-24,21-13-6-5-7-14-21)30(41)36(4)26(19(3)34-32)27(37)29(39)40/h5-16,18,25-26H,17H2,1-4H3,(H,33,38)(H,39,40)/t25-,26-,31?/m0/s1. The molecule has 216 valence electrons. The average Bonchev–Trinajstić information content (AvgIpc) is 3.45. The highest BCUT2D eigenvalue weighted by Gasteiger charge is 2.54. The number of carboxylic acid groups (broad SMARTS) is 1. The number of nitrogens with one attached hydrogen (secondary N) is 1. The Hall–Kier alpha value is -5.15. The number of Topliss-reactive ketones (excluding diaryl/α,β-unsaturated/α-hetero) is 1. The van der Waals surface area contributed by atoms with Gasteiger partial charge < -0.3 is 25.7 Å². The first-order valence-electron chi connectivity index (χ1n) is 13.3. The van der Waals surface area contributed by atoms with Crippen molar-refractivity contribution in [3.8, 4) is 0 Å². The number of carbonyl (C=O) groups excluding carboxylic acids is 3. The van der Waals surface area contributed by atoms with Crippen LogP contribution in [-0.2, 0) is 24.8 Å². The van der Waals surface area contributed by atoms with E-state index in [2.05, 4.69) is 15.3 Å². The lowest BCUT2D eigenvalue weighted by Gasteiger charge is -2.33. The molecule has 3 aromatic rings. The molecule has 0 radical (unpaired) electrons. The second-order valence-corrected chi connectivity index (χ2v) is 10.5. The van der Waals surface area contributed by atoms with Gasteiger partial charge in [-0.15, -0.1) is 0 Å². The first kappa shape index (κ1) is 29.8. The van der Waals surface area contributed by atoms with Crippen LogP contribution in [-0.4, -0.2) is 68.9 Å². The number of likely N-dealkylation sites (N-methyl/N-ethyl adjacent to an activating group) is 1. The molecule has 3 aromatic carbocycles. The van der Waals surface area contributed by atoms with Crippen LogP contribution in [0.3, 0.4) is 0 Å². The molecule has 0 spiro atoms. The van der Waals surface area contributed by atoms with Crippen molar-refractivity contribution in [3.63, 3.8) is 0 Å². The Morgan fingerprint density at radius 1 is 1.02 bits per heavy atom. The van der Waals surface area contributed by atoms with Crippen molar-refractivity contribution < 1.29 is 33.9 Å². The minimum Gasteiger partial charge on any atom is -0.475 e. The zero-order valence-corrected chi connectivity index (χ0v) is 23.6. The third kappa shape index (κ3) is 5.55. The van der Waals surface area contributed by atoms with E-state index in [9.17, 15) is 29.8 Å². The molecule has 4 rings (SSSR count). The SMILES string of the molecule is CC(=[N+]=[N-])[C@@H](C(=O)C(=O)O)N(C)C(=O)C1(c2ccccc2)CC([C@@H](NC(=O)c2cccc3ccccc23)C(C)C)=NO1. The molecule has 3 atom stereocenters. The summed E-state index contributed by atoms with van der Waals surface area (Å²) in [5.41, 5.74) is 8.55. The Labute approximate surface area is 242 Å². The third-order valence-corrected chi connectivity index (χ3v) is 7.40. The average molecular weight is 570 g/mol. The van der Waals surface area contributed by atoms with Crippen LogP contribution in [0.5, 0.6) is 0 Å². The van der Waals surface area contributed by atoms with Gasteiger partial charge in [-0.25, -0.2) is 4.79 Å². The maximum absolute atomic E-state index is 14.1. The summed E-state index contributed by atoms with van der Waals surface area (Å²) in [7, 11) is 1.23. The Morgan fingerprint density at radius 2 is 1.67 bits per heavy atom. The fourth-order valence-corrected chi connectivity index (χ4v) is 5.22. The summed E-state index contributed by atoms with van der Waals surface area (Å²) in [6, 6.07) is 19.1. The van der Waals surface area contributed by atoms with Crippen molar-refractivity contribution in [1.82, 2.24) is 10.2 Å². The van der Waals surface area contributed by atoms with E-state index in [1.54, 1.807) is 42.5 Å². The van der Waals surface area contributed by atoms with Crippen molar-refractivity contribution in [1.29, 1.82) is 0 Å². The number of oxime groups is 1. The van der Waals surface area contributed by atoms with E-state index in [1.165, 1.54) is 14.0 Å². The van der Waals surface area contributed by atoms with E-state index in [4.69, 9.17) is 4.84 Å². The van der Waals surface area contributed by atoms with Gasteiger partial charge >= 0.3 is 5.97 Å². The van der Waals surface area contributed by atoms with Gasteiger partial charge in [0.1, 0.15) is 0 Å². The summed E-state index contributed by atoms with van der Waals surface area (Å²) in [4.78, 5) is 61.6. The van der Waals surface area contributed by atoms with Crippen LogP contribution in [0.1, 0.15) is 43.1 Å². The molecule has 1 aliphatic heterocycles. The molecule has 2 amide bonds. The minimum absolute atomic E-state index is 0.0951. The number of ketones is 1. The van der Waals surface area contributed by atoms with Gasteiger partial charge in [-0.3, -0.25) is 14.4 Å². The number of nitrogens with zero attached hydrogens (tertiary/aromatic N) is 4. The number of amides is 2. The summed E-state index contributed by atoms with van der Waals surface area (Å²) in [6.45, 7) is 5.03. The molecule has 11 nitrogen and oxygen atoms in total. The second-order valence-electron chi connectivity index (χ2n) is 10.5. The molecule has 0 saturated carbocycles. The van der Waals surface area contributed by atoms with Crippen LogP contribution >= 0.6 is 0 Å². The number of fused-ring (bicyclic) bond motifs is 1. The summed E-state index contributed by atoms with van der Waals surface area (Å²) >= 11 is 0. The van der Waals surface area contributed by atoms with Gasteiger partial charge in [0, 0.05) is 31.5 Å². The number of hydrogen-bond acceptors (Lipinski definition) is 6. The molecule has 0 saturated heterocycles. The summed E-state index contributed by atoms with van der Waals surface area (Å²) in [5.74, 6) is -4.41. The molecule has 1 unspecified atom stereocenters. The highest BCUT2D eigenvalue weighted by molar-refractivity contribution is 6.39. The smallest absolute Gasteiger partial charge is 0.375 e. The van der Waals surface area contributed by atoms with Crippen LogP contribution in [0.4, 0.5) is 0 Å². The van der Waals surface area contributed by atoms with E-state index in [0.29, 0.717) is 16.8 Å². The maximum Gasteiger partial charge on any atom is 0.375 e. The van der Waals surface area contributed by atoms with E-state index in [0.717, 1.165) is 15.7 Å². The summed E-state index contributed by atoms with van der Waals surface area (Å²) < 4.78 is 0. The largest absolute Gasteiger partial charge is 0.475 e. The first-order valence-corrected chi connectivity index (χ1v) is 13.3. The highest BCUT2D eigenvalue weighted by Crippen LogP contribution is 2.38. The monoisotopic (exact) mass is 569 g/mol. The number of aliphatic carboxylic acids is 1. The van der Waals surface area contributed by atoms with Crippen LogP contribution < -0.4 is 5.32 Å². The molecule has 0 fully saturated rings. The van der Waals surface area contributed by atoms with Crippen molar-refractivity contribution >= 4 is 45.8 Å². The van der Waals surface area contributed by atoms with Gasteiger partial charge in [-0.1, -0.05) is 85.7 Å². The van der Waals surface area contributed by atoms with Gasteiger partial charge in [0.05, 0.1) is 11.8 Å². The number of rotatable bonds is 10. The van der Waals surface area contributed by atoms with Crippen molar-refractivity contribution in [2.75, 3.05) is 7.05 Å². The molecule has 42 heavy (non-hydrogen) atoms. The lowest BCUT2D eigenvalue weighted by molar-refractivity contribution is -0.161. The quantitative estimate of drug-likeness (QED) is 0.165.